The maximum atomic E-state index is 9.81. The Morgan fingerprint density at radius 2 is 1.48 bits per heavy atom. The predicted molar refractivity (Wildman–Crippen MR) is 113 cm³/mol. The summed E-state index contributed by atoms with van der Waals surface area (Å²) in [6.45, 7) is 6.63. The Labute approximate surface area is 154 Å². The van der Waals surface area contributed by atoms with E-state index in [4.69, 9.17) is 0 Å². The molecule has 0 heterocycles. The molecule has 1 nitrogen and oxygen atoms in total. The van der Waals surface area contributed by atoms with Crippen molar-refractivity contribution in [1.29, 1.82) is 0 Å². The van der Waals surface area contributed by atoms with Crippen molar-refractivity contribution in [2.45, 2.75) is 50.6 Å². The third-order valence-corrected chi connectivity index (χ3v) is 11.0. The van der Waals surface area contributed by atoms with E-state index >= 15 is 0 Å². The highest BCUT2D eigenvalue weighted by atomic mass is 28.3. The standard InChI is InChI=1S/C23H32OSi/c1-3-5-8-13-23(18-19-24)25(20-4-2,21-14-9-6-10-15-21)22-16-11-7-12-17-22/h4,6-7,9-12,14-17,23-24H,2-3,5,8,13,18-20H2,1H3. The summed E-state index contributed by atoms with van der Waals surface area (Å²) in [4.78, 5) is 0. The highest BCUT2D eigenvalue weighted by Crippen LogP contribution is 2.34. The molecule has 2 heteroatoms. The van der Waals surface area contributed by atoms with Gasteiger partial charge in [0, 0.05) is 6.61 Å². The Morgan fingerprint density at radius 1 is 0.920 bits per heavy atom. The number of hydrogen-bond acceptors (Lipinski definition) is 1. The Hall–Kier alpha value is -1.64. The van der Waals surface area contributed by atoms with Gasteiger partial charge in [0.2, 0.25) is 0 Å². The molecule has 2 aromatic rings. The van der Waals surface area contributed by atoms with Gasteiger partial charge in [-0.1, -0.05) is 110 Å². The van der Waals surface area contributed by atoms with E-state index in [2.05, 4.69) is 80.2 Å². The first-order chi connectivity index (χ1) is 12.3. The van der Waals surface area contributed by atoms with Crippen LogP contribution in [0.3, 0.4) is 0 Å². The quantitative estimate of drug-likeness (QED) is 0.351. The molecule has 0 bridgehead atoms. The number of aliphatic hydroxyl groups is 1. The van der Waals surface area contributed by atoms with E-state index in [1.54, 1.807) is 0 Å². The van der Waals surface area contributed by atoms with Crippen LogP contribution in [0.15, 0.2) is 73.3 Å². The SMILES string of the molecule is C=CC[Si](c1ccccc1)(c1ccccc1)C(CCO)CCCCC. The lowest BCUT2D eigenvalue weighted by Gasteiger charge is -2.40. The number of aliphatic hydroxyl groups excluding tert-OH is 1. The molecular weight excluding hydrogens is 320 g/mol. The van der Waals surface area contributed by atoms with Crippen LogP contribution in [0, 0.1) is 0 Å². The van der Waals surface area contributed by atoms with Crippen molar-refractivity contribution >= 4 is 18.4 Å². The molecule has 0 fully saturated rings. The molecule has 1 N–H and O–H groups in total. The summed E-state index contributed by atoms with van der Waals surface area (Å²) in [7, 11) is -2.03. The third-order valence-electron chi connectivity index (χ3n) is 5.37. The van der Waals surface area contributed by atoms with Gasteiger partial charge >= 0.3 is 0 Å². The lowest BCUT2D eigenvalue weighted by Crippen LogP contribution is -2.61. The fourth-order valence-corrected chi connectivity index (χ4v) is 9.60. The van der Waals surface area contributed by atoms with Crippen LogP contribution in [0.5, 0.6) is 0 Å². The van der Waals surface area contributed by atoms with Crippen LogP contribution >= 0.6 is 0 Å². The first-order valence-electron chi connectivity index (χ1n) is 9.62. The van der Waals surface area contributed by atoms with Crippen molar-refractivity contribution in [2.24, 2.45) is 0 Å². The molecule has 1 unspecified atom stereocenters. The zero-order valence-corrected chi connectivity index (χ0v) is 16.5. The molecule has 25 heavy (non-hydrogen) atoms. The Balaban J connectivity index is 2.56. The maximum Gasteiger partial charge on any atom is 0.124 e. The van der Waals surface area contributed by atoms with Crippen LogP contribution in [-0.4, -0.2) is 19.8 Å². The highest BCUT2D eigenvalue weighted by molar-refractivity contribution is 7.03. The van der Waals surface area contributed by atoms with Gasteiger partial charge in [-0.3, -0.25) is 0 Å². The summed E-state index contributed by atoms with van der Waals surface area (Å²) in [5, 5.41) is 12.8. The lowest BCUT2D eigenvalue weighted by molar-refractivity contribution is 0.281. The van der Waals surface area contributed by atoms with Crippen molar-refractivity contribution in [3.63, 3.8) is 0 Å². The molecule has 1 atom stereocenters. The second-order valence-corrected chi connectivity index (χ2v) is 11.2. The number of unbranched alkanes of at least 4 members (excludes halogenated alkanes) is 2. The van der Waals surface area contributed by atoms with Crippen molar-refractivity contribution < 1.29 is 5.11 Å². The van der Waals surface area contributed by atoms with Crippen molar-refractivity contribution in [2.75, 3.05) is 6.61 Å². The van der Waals surface area contributed by atoms with Crippen LogP contribution in [0.4, 0.5) is 0 Å². The molecule has 0 saturated carbocycles. The monoisotopic (exact) mass is 352 g/mol. The van der Waals surface area contributed by atoms with Crippen molar-refractivity contribution in [3.05, 3.63) is 73.3 Å². The van der Waals surface area contributed by atoms with E-state index < -0.39 is 8.07 Å². The predicted octanol–water partition coefficient (Wildman–Crippen LogP) is 4.77. The largest absolute Gasteiger partial charge is 0.396 e. The van der Waals surface area contributed by atoms with E-state index in [0.29, 0.717) is 5.54 Å². The number of hydrogen-bond donors (Lipinski definition) is 1. The van der Waals surface area contributed by atoms with E-state index in [1.807, 2.05) is 0 Å². The van der Waals surface area contributed by atoms with Crippen molar-refractivity contribution in [3.8, 4) is 0 Å². The smallest absolute Gasteiger partial charge is 0.124 e. The van der Waals surface area contributed by atoms with Crippen molar-refractivity contribution in [1.82, 2.24) is 0 Å². The van der Waals surface area contributed by atoms with Crippen LogP contribution in [0.1, 0.15) is 39.0 Å². The minimum absolute atomic E-state index is 0.266. The maximum absolute atomic E-state index is 9.81. The van der Waals surface area contributed by atoms with E-state index in [9.17, 15) is 5.11 Å². The molecule has 134 valence electrons. The molecule has 0 radical (unpaired) electrons. The number of benzene rings is 2. The molecule has 0 amide bonds. The van der Waals surface area contributed by atoms with Gasteiger partial charge in [0.05, 0.1) is 0 Å². The zero-order valence-electron chi connectivity index (χ0n) is 15.5. The van der Waals surface area contributed by atoms with Gasteiger partial charge < -0.3 is 5.11 Å². The second-order valence-electron chi connectivity index (χ2n) is 6.90. The minimum atomic E-state index is -2.03. The first kappa shape index (κ1) is 19.7. The Morgan fingerprint density at radius 3 is 1.92 bits per heavy atom. The topological polar surface area (TPSA) is 20.2 Å². The molecule has 2 rings (SSSR count). The summed E-state index contributed by atoms with van der Waals surface area (Å²) in [6, 6.07) is 23.0. The summed E-state index contributed by atoms with van der Waals surface area (Å²) in [5.74, 6) is 0. The normalized spacial score (nSPS) is 12.7. The summed E-state index contributed by atoms with van der Waals surface area (Å²) < 4.78 is 0. The van der Waals surface area contributed by atoms with Crippen LogP contribution in [-0.2, 0) is 0 Å². The first-order valence-corrected chi connectivity index (χ1v) is 11.9. The average molecular weight is 353 g/mol. The molecule has 2 aromatic carbocycles. The molecule has 0 spiro atoms. The Bertz CT molecular complexity index is 569. The van der Waals surface area contributed by atoms with Gasteiger partial charge in [-0.15, -0.1) is 6.58 Å². The van der Waals surface area contributed by atoms with Gasteiger partial charge in [-0.25, -0.2) is 0 Å². The molecule has 0 aliphatic heterocycles. The molecule has 0 saturated heterocycles. The van der Waals surface area contributed by atoms with Crippen LogP contribution in [0.2, 0.25) is 11.6 Å². The van der Waals surface area contributed by atoms with Gasteiger partial charge in [0.1, 0.15) is 8.07 Å². The summed E-state index contributed by atoms with van der Waals surface area (Å²) >= 11 is 0. The molecular formula is C23H32OSi. The average Bonchev–Trinajstić information content (AvgIpc) is 2.67. The number of rotatable bonds is 11. The zero-order chi connectivity index (χ0) is 18.0. The third kappa shape index (κ3) is 4.71. The number of allylic oxidation sites excluding steroid dienone is 1. The van der Waals surface area contributed by atoms with Gasteiger partial charge in [0.25, 0.3) is 0 Å². The fourth-order valence-electron chi connectivity index (χ4n) is 4.17. The highest BCUT2D eigenvalue weighted by Gasteiger charge is 2.42. The van der Waals surface area contributed by atoms with Gasteiger partial charge in [-0.2, -0.15) is 0 Å². The van der Waals surface area contributed by atoms with Gasteiger partial charge in [-0.05, 0) is 18.0 Å². The molecule has 0 aliphatic carbocycles. The fraction of sp³-hybridized carbons (Fsp3) is 0.391. The van der Waals surface area contributed by atoms with Gasteiger partial charge in [0.15, 0.2) is 0 Å². The molecule has 0 aliphatic rings. The van der Waals surface area contributed by atoms with E-state index in [-0.39, 0.29) is 6.61 Å². The second kappa shape index (κ2) is 10.4. The summed E-state index contributed by atoms with van der Waals surface area (Å²) in [6.07, 6.45) is 7.93. The van der Waals surface area contributed by atoms with Crippen LogP contribution in [0.25, 0.3) is 0 Å². The summed E-state index contributed by atoms with van der Waals surface area (Å²) in [5.41, 5.74) is 0.534. The van der Waals surface area contributed by atoms with E-state index in [0.717, 1.165) is 12.5 Å². The lowest BCUT2D eigenvalue weighted by atomic mass is 10.1. The van der Waals surface area contributed by atoms with E-state index in [1.165, 1.54) is 36.1 Å². The molecule has 0 aromatic heterocycles. The van der Waals surface area contributed by atoms with Crippen LogP contribution < -0.4 is 10.4 Å². The minimum Gasteiger partial charge on any atom is -0.396 e. The Kier molecular flexibility index (Phi) is 8.16.